The molecule has 32 heavy (non-hydrogen) atoms. The minimum absolute atomic E-state index is 0.105. The van der Waals surface area contributed by atoms with Crippen LogP contribution >= 0.6 is 0 Å². The molecule has 0 aliphatic carbocycles. The molecule has 2 aliphatic heterocycles. The lowest BCUT2D eigenvalue weighted by Crippen LogP contribution is -2.31. The van der Waals surface area contributed by atoms with Crippen molar-refractivity contribution in [2.24, 2.45) is 16.6 Å². The number of anilines is 1. The van der Waals surface area contributed by atoms with Gasteiger partial charge in [-0.2, -0.15) is 0 Å². The van der Waals surface area contributed by atoms with Gasteiger partial charge in [-0.3, -0.25) is 9.58 Å². The number of benzene rings is 2. The van der Waals surface area contributed by atoms with Crippen LogP contribution in [0.1, 0.15) is 23.0 Å². The molecule has 9 heteroatoms. The lowest BCUT2D eigenvalue weighted by atomic mass is 10.1. The highest BCUT2D eigenvalue weighted by atomic mass is 16.5. The Labute approximate surface area is 185 Å². The molecule has 9 nitrogen and oxygen atoms in total. The average molecular weight is 432 g/mol. The highest BCUT2D eigenvalue weighted by molar-refractivity contribution is 5.95. The number of hydrogen-bond acceptors (Lipinski definition) is 8. The maximum atomic E-state index is 6.41. The Morgan fingerprint density at radius 3 is 2.53 bits per heavy atom. The molecule has 0 fully saturated rings. The Morgan fingerprint density at radius 1 is 1.06 bits per heavy atom. The number of hydrogen-bond donors (Lipinski definition) is 2. The van der Waals surface area contributed by atoms with E-state index in [1.807, 2.05) is 47.0 Å². The molecule has 5 rings (SSSR count). The molecule has 0 amide bonds. The molecule has 1 atom stereocenters. The van der Waals surface area contributed by atoms with Crippen molar-refractivity contribution < 1.29 is 14.2 Å². The van der Waals surface area contributed by atoms with Gasteiger partial charge in [0, 0.05) is 18.7 Å². The van der Waals surface area contributed by atoms with E-state index in [2.05, 4.69) is 4.98 Å². The monoisotopic (exact) mass is 432 g/mol. The molecule has 0 saturated heterocycles. The van der Waals surface area contributed by atoms with Crippen LogP contribution in [0.5, 0.6) is 11.5 Å². The molecule has 3 heterocycles. The second-order valence-electron chi connectivity index (χ2n) is 7.50. The molecule has 164 valence electrons. The van der Waals surface area contributed by atoms with Crippen molar-refractivity contribution in [3.8, 4) is 17.2 Å². The average Bonchev–Trinajstić information content (AvgIpc) is 3.46. The van der Waals surface area contributed by atoms with Crippen molar-refractivity contribution in [2.75, 3.05) is 25.8 Å². The molecule has 2 aromatic carbocycles. The molecule has 3 aromatic rings. The van der Waals surface area contributed by atoms with Crippen LogP contribution < -0.4 is 26.1 Å². The summed E-state index contributed by atoms with van der Waals surface area (Å²) in [6, 6.07) is 13.4. The summed E-state index contributed by atoms with van der Waals surface area (Å²) >= 11 is 0. The lowest BCUT2D eigenvalue weighted by Gasteiger charge is -2.21. The predicted octanol–water partition coefficient (Wildman–Crippen LogP) is 2.44. The molecule has 1 aromatic heterocycles. The van der Waals surface area contributed by atoms with Gasteiger partial charge in [-0.05, 0) is 29.8 Å². The predicted molar refractivity (Wildman–Crippen MR) is 121 cm³/mol. The number of aliphatic imine (C=N–C) groups is 1. The number of fused-ring (bicyclic) bond motifs is 3. The van der Waals surface area contributed by atoms with Crippen LogP contribution in [0.15, 0.2) is 65.7 Å². The Hall–Kier alpha value is -3.98. The largest absolute Gasteiger partial charge is 0.497 e. The summed E-state index contributed by atoms with van der Waals surface area (Å²) in [5.74, 6) is 8.43. The summed E-state index contributed by atoms with van der Waals surface area (Å²) in [7, 11) is 3.27. The fourth-order valence-electron chi connectivity index (χ4n) is 4.01. The highest BCUT2D eigenvalue weighted by Crippen LogP contribution is 2.36. The number of hydrazine groups is 1. The Morgan fingerprint density at radius 2 is 1.81 bits per heavy atom. The van der Waals surface area contributed by atoms with E-state index < -0.39 is 0 Å². The van der Waals surface area contributed by atoms with Gasteiger partial charge in [-0.25, -0.2) is 15.8 Å². The molecule has 0 saturated carbocycles. The minimum Gasteiger partial charge on any atom is -0.497 e. The fraction of sp³-hybridized carbons (Fsp3) is 0.217. The van der Waals surface area contributed by atoms with Gasteiger partial charge in [0.15, 0.2) is 0 Å². The number of imidazole rings is 1. The number of methoxy groups -OCH3 is 2. The first-order valence-electron chi connectivity index (χ1n) is 10.2. The third kappa shape index (κ3) is 3.23. The zero-order chi connectivity index (χ0) is 22.2. The van der Waals surface area contributed by atoms with Crippen molar-refractivity contribution in [1.82, 2.24) is 9.55 Å². The normalized spacial score (nSPS) is 18.5. The van der Waals surface area contributed by atoms with E-state index in [1.54, 1.807) is 25.6 Å². The first kappa shape index (κ1) is 20.0. The van der Waals surface area contributed by atoms with E-state index in [4.69, 9.17) is 30.8 Å². The van der Waals surface area contributed by atoms with Gasteiger partial charge in [0.1, 0.15) is 36.2 Å². The summed E-state index contributed by atoms with van der Waals surface area (Å²) in [5.41, 5.74) is 10.9. The van der Waals surface area contributed by atoms with Crippen LogP contribution in [0.25, 0.3) is 5.69 Å². The van der Waals surface area contributed by atoms with E-state index in [1.165, 1.54) is 6.20 Å². The Balaban J connectivity index is 1.55. The van der Waals surface area contributed by atoms with Crippen molar-refractivity contribution in [1.29, 1.82) is 0 Å². The highest BCUT2D eigenvalue weighted by Gasteiger charge is 2.30. The van der Waals surface area contributed by atoms with Crippen molar-refractivity contribution >= 4 is 11.6 Å². The summed E-state index contributed by atoms with van der Waals surface area (Å²) in [5, 5.41) is 1.58. The SMILES string of the molecule is COc1ccc([C@@H]2COC(c3ncn4c3C/C(=C/N)N(N)c3cc(OC)ccc3-4)=N2)cc1. The third-order valence-electron chi connectivity index (χ3n) is 5.77. The van der Waals surface area contributed by atoms with Crippen LogP contribution in [0.3, 0.4) is 0 Å². The summed E-state index contributed by atoms with van der Waals surface area (Å²) in [4.78, 5) is 9.45. The second kappa shape index (κ2) is 7.93. The molecular weight excluding hydrogens is 408 g/mol. The second-order valence-corrected chi connectivity index (χ2v) is 7.50. The smallest absolute Gasteiger partial charge is 0.238 e. The molecular formula is C23H24N6O3. The lowest BCUT2D eigenvalue weighted by molar-refractivity contribution is 0.319. The van der Waals surface area contributed by atoms with Crippen LogP contribution in [0.2, 0.25) is 0 Å². The quantitative estimate of drug-likeness (QED) is 0.609. The van der Waals surface area contributed by atoms with Gasteiger partial charge in [0.05, 0.1) is 37.0 Å². The number of nitrogens with zero attached hydrogens (tertiary/aromatic N) is 4. The van der Waals surface area contributed by atoms with Crippen LogP contribution in [0, 0.1) is 0 Å². The van der Waals surface area contributed by atoms with Gasteiger partial charge in [0.25, 0.3) is 0 Å². The molecule has 0 unspecified atom stereocenters. The van der Waals surface area contributed by atoms with E-state index >= 15 is 0 Å². The molecule has 4 N–H and O–H groups in total. The van der Waals surface area contributed by atoms with Gasteiger partial charge >= 0.3 is 0 Å². The van der Waals surface area contributed by atoms with Gasteiger partial charge in [0.2, 0.25) is 5.90 Å². The van der Waals surface area contributed by atoms with Crippen LogP contribution in [-0.2, 0) is 11.2 Å². The summed E-state index contributed by atoms with van der Waals surface area (Å²) < 4.78 is 18.6. The number of ether oxygens (including phenoxy) is 3. The van der Waals surface area contributed by atoms with Crippen molar-refractivity contribution in [3.63, 3.8) is 0 Å². The minimum atomic E-state index is -0.105. The summed E-state index contributed by atoms with van der Waals surface area (Å²) in [6.07, 6.45) is 3.73. The number of allylic oxidation sites excluding steroid dienone is 1. The topological polar surface area (TPSA) is 113 Å². The van der Waals surface area contributed by atoms with Crippen LogP contribution in [-0.4, -0.2) is 36.3 Å². The number of rotatable bonds is 4. The van der Waals surface area contributed by atoms with E-state index in [0.717, 1.165) is 34.1 Å². The summed E-state index contributed by atoms with van der Waals surface area (Å²) in [6.45, 7) is 0.449. The maximum absolute atomic E-state index is 6.41. The standard InChI is InChI=1S/C23H24N6O3/c1-30-16-5-3-14(4-6-16)18-12-32-23(27-18)22-21-9-15(11-24)29(25)20-10-17(31-2)7-8-19(20)28(21)13-26-22/h3-8,10-11,13,18H,9,12,24-25H2,1-2H3/b15-11-/t18-/m0/s1. The maximum Gasteiger partial charge on any atom is 0.238 e. The molecule has 0 bridgehead atoms. The molecule has 2 aliphatic rings. The van der Waals surface area contributed by atoms with Crippen molar-refractivity contribution in [2.45, 2.75) is 12.5 Å². The molecule has 0 radical (unpaired) electrons. The Bertz CT molecular complexity index is 1210. The fourth-order valence-corrected chi connectivity index (χ4v) is 4.01. The van der Waals surface area contributed by atoms with Gasteiger partial charge < -0.3 is 19.9 Å². The molecule has 0 spiro atoms. The number of aromatic nitrogens is 2. The first-order valence-corrected chi connectivity index (χ1v) is 10.2. The van der Waals surface area contributed by atoms with E-state index in [-0.39, 0.29) is 6.04 Å². The number of nitrogens with two attached hydrogens (primary N) is 2. The van der Waals surface area contributed by atoms with E-state index in [0.29, 0.717) is 30.4 Å². The third-order valence-corrected chi connectivity index (χ3v) is 5.77. The van der Waals surface area contributed by atoms with Crippen molar-refractivity contribution in [3.05, 3.63) is 77.6 Å². The van der Waals surface area contributed by atoms with E-state index in [9.17, 15) is 0 Å². The van der Waals surface area contributed by atoms with Gasteiger partial charge in [-0.1, -0.05) is 12.1 Å². The zero-order valence-electron chi connectivity index (χ0n) is 17.9. The zero-order valence-corrected chi connectivity index (χ0v) is 17.9. The first-order chi connectivity index (χ1) is 15.6. The Kier molecular flexibility index (Phi) is 4.95. The van der Waals surface area contributed by atoms with Gasteiger partial charge in [-0.15, -0.1) is 0 Å². The van der Waals surface area contributed by atoms with Crippen LogP contribution in [0.4, 0.5) is 5.69 Å².